The van der Waals surface area contributed by atoms with E-state index in [1.165, 1.54) is 4.90 Å². The van der Waals surface area contributed by atoms with Crippen molar-refractivity contribution in [3.8, 4) is 0 Å². The van der Waals surface area contributed by atoms with Gasteiger partial charge in [0.25, 0.3) is 0 Å². The number of aryl methyl sites for hydroxylation is 1. The van der Waals surface area contributed by atoms with Gasteiger partial charge in [0.05, 0.1) is 0 Å². The van der Waals surface area contributed by atoms with Crippen LogP contribution in [0.4, 0.5) is 10.6 Å². The molecular formula is C12H17BrN2O2. The Morgan fingerprint density at radius 1 is 1.47 bits per heavy atom. The van der Waals surface area contributed by atoms with Crippen LogP contribution in [0.5, 0.6) is 0 Å². The topological polar surface area (TPSA) is 42.4 Å². The van der Waals surface area contributed by atoms with Crippen LogP contribution < -0.4 is 4.90 Å². The van der Waals surface area contributed by atoms with Crippen LogP contribution >= 0.6 is 15.9 Å². The lowest BCUT2D eigenvalue weighted by Gasteiger charge is -2.24. The van der Waals surface area contributed by atoms with Gasteiger partial charge in [-0.2, -0.15) is 0 Å². The average Bonchev–Trinajstić information content (AvgIpc) is 2.18. The SMILES string of the molecule is Cc1cc(N(C)C(=O)OC(C)(C)C)ncc1Br. The molecule has 0 spiro atoms. The van der Waals surface area contributed by atoms with E-state index in [9.17, 15) is 4.79 Å². The van der Waals surface area contributed by atoms with Gasteiger partial charge >= 0.3 is 6.09 Å². The van der Waals surface area contributed by atoms with Gasteiger partial charge in [-0.1, -0.05) is 0 Å². The minimum atomic E-state index is -0.504. The van der Waals surface area contributed by atoms with E-state index in [-0.39, 0.29) is 0 Å². The molecule has 1 aromatic heterocycles. The minimum Gasteiger partial charge on any atom is -0.443 e. The average molecular weight is 301 g/mol. The molecule has 0 fully saturated rings. The lowest BCUT2D eigenvalue weighted by Crippen LogP contribution is -2.34. The molecule has 1 amide bonds. The maximum atomic E-state index is 11.8. The molecule has 1 rings (SSSR count). The third-order valence-electron chi connectivity index (χ3n) is 2.04. The summed E-state index contributed by atoms with van der Waals surface area (Å²) < 4.78 is 6.17. The molecule has 0 bridgehead atoms. The van der Waals surface area contributed by atoms with Crippen LogP contribution in [-0.4, -0.2) is 23.7 Å². The Bertz CT molecular complexity index is 427. The summed E-state index contributed by atoms with van der Waals surface area (Å²) >= 11 is 3.37. The Labute approximate surface area is 110 Å². The van der Waals surface area contributed by atoms with E-state index in [0.717, 1.165) is 10.0 Å². The Hall–Kier alpha value is -1.10. The fourth-order valence-electron chi connectivity index (χ4n) is 1.13. The number of carbonyl (C=O) groups excluding carboxylic acids is 1. The number of aromatic nitrogens is 1. The van der Waals surface area contributed by atoms with Crippen molar-refractivity contribution < 1.29 is 9.53 Å². The highest BCUT2D eigenvalue weighted by molar-refractivity contribution is 9.10. The van der Waals surface area contributed by atoms with Crippen molar-refractivity contribution in [2.24, 2.45) is 0 Å². The second kappa shape index (κ2) is 5.04. The van der Waals surface area contributed by atoms with Crippen molar-refractivity contribution in [1.29, 1.82) is 0 Å². The van der Waals surface area contributed by atoms with E-state index in [4.69, 9.17) is 4.74 Å². The summed E-state index contributed by atoms with van der Waals surface area (Å²) in [6, 6.07) is 1.83. The van der Waals surface area contributed by atoms with Gasteiger partial charge in [-0.3, -0.25) is 4.90 Å². The minimum absolute atomic E-state index is 0.410. The van der Waals surface area contributed by atoms with Gasteiger partial charge < -0.3 is 4.74 Å². The van der Waals surface area contributed by atoms with E-state index >= 15 is 0 Å². The standard InChI is InChI=1S/C12H17BrN2O2/c1-8-6-10(14-7-9(8)13)15(5)11(16)17-12(2,3)4/h6-7H,1-5H3. The largest absolute Gasteiger partial charge is 0.443 e. The van der Waals surface area contributed by atoms with E-state index in [0.29, 0.717) is 5.82 Å². The molecule has 0 radical (unpaired) electrons. The van der Waals surface area contributed by atoms with Gasteiger partial charge in [0.2, 0.25) is 0 Å². The first kappa shape index (κ1) is 14.0. The van der Waals surface area contributed by atoms with E-state index in [1.54, 1.807) is 13.2 Å². The van der Waals surface area contributed by atoms with Crippen molar-refractivity contribution in [2.75, 3.05) is 11.9 Å². The second-order valence-corrected chi connectivity index (χ2v) is 5.69. The Morgan fingerprint density at radius 2 is 2.06 bits per heavy atom. The van der Waals surface area contributed by atoms with Crippen LogP contribution in [0, 0.1) is 6.92 Å². The summed E-state index contributed by atoms with van der Waals surface area (Å²) in [6.07, 6.45) is 1.26. The van der Waals surface area contributed by atoms with Gasteiger partial charge in [-0.25, -0.2) is 9.78 Å². The van der Waals surface area contributed by atoms with Gasteiger partial charge in [0.1, 0.15) is 11.4 Å². The van der Waals surface area contributed by atoms with E-state index in [1.807, 2.05) is 33.8 Å². The summed E-state index contributed by atoms with van der Waals surface area (Å²) in [5, 5.41) is 0. The molecule has 5 heteroatoms. The third kappa shape index (κ3) is 4.00. The highest BCUT2D eigenvalue weighted by Crippen LogP contribution is 2.20. The zero-order valence-electron chi connectivity index (χ0n) is 10.7. The summed E-state index contributed by atoms with van der Waals surface area (Å²) in [4.78, 5) is 17.4. The number of pyridine rings is 1. The van der Waals surface area contributed by atoms with Crippen molar-refractivity contribution >= 4 is 27.8 Å². The van der Waals surface area contributed by atoms with Crippen LogP contribution in [0.3, 0.4) is 0 Å². The number of hydrogen-bond donors (Lipinski definition) is 0. The van der Waals surface area contributed by atoms with Crippen LogP contribution in [0.2, 0.25) is 0 Å². The summed E-state index contributed by atoms with van der Waals surface area (Å²) in [5.41, 5.74) is 0.515. The Kier molecular flexibility index (Phi) is 4.14. The van der Waals surface area contributed by atoms with Gasteiger partial charge in [-0.15, -0.1) is 0 Å². The number of amides is 1. The molecule has 0 aliphatic carbocycles. The van der Waals surface area contributed by atoms with Crippen molar-refractivity contribution in [3.63, 3.8) is 0 Å². The van der Waals surface area contributed by atoms with Crippen LogP contribution in [0.15, 0.2) is 16.7 Å². The molecule has 0 saturated carbocycles. The fraction of sp³-hybridized carbons (Fsp3) is 0.500. The van der Waals surface area contributed by atoms with Crippen LogP contribution in [0.1, 0.15) is 26.3 Å². The molecule has 1 heterocycles. The van der Waals surface area contributed by atoms with E-state index < -0.39 is 11.7 Å². The first-order valence-electron chi connectivity index (χ1n) is 5.29. The lowest BCUT2D eigenvalue weighted by molar-refractivity contribution is 0.0588. The zero-order chi connectivity index (χ0) is 13.2. The molecule has 0 atom stereocenters. The quantitative estimate of drug-likeness (QED) is 0.797. The molecule has 0 aliphatic rings. The number of anilines is 1. The normalized spacial score (nSPS) is 11.2. The van der Waals surface area contributed by atoms with Gasteiger partial charge in [0.15, 0.2) is 0 Å². The zero-order valence-corrected chi connectivity index (χ0v) is 12.3. The molecular weight excluding hydrogens is 284 g/mol. The summed E-state index contributed by atoms with van der Waals surface area (Å²) in [5.74, 6) is 0.569. The lowest BCUT2D eigenvalue weighted by atomic mass is 10.2. The van der Waals surface area contributed by atoms with Crippen LogP contribution in [-0.2, 0) is 4.74 Å². The highest BCUT2D eigenvalue weighted by atomic mass is 79.9. The second-order valence-electron chi connectivity index (χ2n) is 4.83. The van der Waals surface area contributed by atoms with Gasteiger partial charge in [0, 0.05) is 17.7 Å². The molecule has 0 aromatic carbocycles. The van der Waals surface area contributed by atoms with Gasteiger partial charge in [-0.05, 0) is 55.3 Å². The maximum Gasteiger partial charge on any atom is 0.415 e. The summed E-state index contributed by atoms with van der Waals surface area (Å²) in [6.45, 7) is 7.44. The molecule has 1 aromatic rings. The monoisotopic (exact) mass is 300 g/mol. The number of halogens is 1. The molecule has 4 nitrogen and oxygen atoms in total. The fourth-order valence-corrected chi connectivity index (χ4v) is 1.35. The maximum absolute atomic E-state index is 11.8. The Balaban J connectivity index is 2.85. The van der Waals surface area contributed by atoms with E-state index in [2.05, 4.69) is 20.9 Å². The highest BCUT2D eigenvalue weighted by Gasteiger charge is 2.21. The predicted octanol–water partition coefficient (Wildman–Crippen LogP) is 3.52. The first-order chi connectivity index (χ1) is 7.70. The smallest absolute Gasteiger partial charge is 0.415 e. The molecule has 0 unspecified atom stereocenters. The Morgan fingerprint density at radius 3 is 2.53 bits per heavy atom. The first-order valence-corrected chi connectivity index (χ1v) is 6.09. The van der Waals surface area contributed by atoms with Crippen molar-refractivity contribution in [2.45, 2.75) is 33.3 Å². The number of ether oxygens (including phenoxy) is 1. The van der Waals surface area contributed by atoms with Crippen LogP contribution in [0.25, 0.3) is 0 Å². The number of nitrogens with zero attached hydrogens (tertiary/aromatic N) is 2. The van der Waals surface area contributed by atoms with Crippen molar-refractivity contribution in [3.05, 3.63) is 22.3 Å². The predicted molar refractivity (Wildman–Crippen MR) is 71.3 cm³/mol. The third-order valence-corrected chi connectivity index (χ3v) is 2.87. The summed E-state index contributed by atoms with van der Waals surface area (Å²) in [7, 11) is 1.64. The number of hydrogen-bond acceptors (Lipinski definition) is 3. The molecule has 17 heavy (non-hydrogen) atoms. The van der Waals surface area contributed by atoms with Crippen molar-refractivity contribution in [1.82, 2.24) is 4.98 Å². The number of rotatable bonds is 1. The molecule has 94 valence electrons. The molecule has 0 saturated heterocycles. The molecule has 0 aliphatic heterocycles. The molecule has 0 N–H and O–H groups in total. The number of carbonyl (C=O) groups is 1.